The largest absolute Gasteiger partial charge is 0.495 e. The summed E-state index contributed by atoms with van der Waals surface area (Å²) >= 11 is 0. The maximum absolute atomic E-state index is 13.4. The number of nitrogens with zero attached hydrogens (tertiary/aromatic N) is 2. The van der Waals surface area contributed by atoms with Crippen molar-refractivity contribution in [2.24, 2.45) is 0 Å². The van der Waals surface area contributed by atoms with E-state index in [2.05, 4.69) is 0 Å². The molecule has 4 rings (SSSR count). The third-order valence-electron chi connectivity index (χ3n) is 5.38. The van der Waals surface area contributed by atoms with Crippen LogP contribution in [-0.4, -0.2) is 42.2 Å². The summed E-state index contributed by atoms with van der Waals surface area (Å²) in [7, 11) is 1.56. The van der Waals surface area contributed by atoms with Crippen LogP contribution in [0.1, 0.15) is 27.6 Å². The molecule has 0 bridgehead atoms. The minimum Gasteiger partial charge on any atom is -0.495 e. The van der Waals surface area contributed by atoms with E-state index in [4.69, 9.17) is 9.47 Å². The third kappa shape index (κ3) is 3.74. The normalized spacial score (nSPS) is 16.3. The second-order valence-electron chi connectivity index (χ2n) is 7.24. The van der Waals surface area contributed by atoms with E-state index in [1.807, 2.05) is 42.5 Å². The number of hydrogen-bond donors (Lipinski definition) is 0. The Morgan fingerprint density at radius 2 is 1.80 bits per heavy atom. The highest BCUT2D eigenvalue weighted by Gasteiger charge is 2.29. The van der Waals surface area contributed by atoms with E-state index >= 15 is 0 Å². The van der Waals surface area contributed by atoms with Crippen molar-refractivity contribution in [1.82, 2.24) is 9.47 Å². The molecule has 2 aromatic carbocycles. The Morgan fingerprint density at radius 1 is 1.07 bits per heavy atom. The average Bonchev–Trinajstić information content (AvgIpc) is 2.80. The smallest absolute Gasteiger partial charge is 0.268 e. The van der Waals surface area contributed by atoms with Gasteiger partial charge in [0, 0.05) is 12.7 Å². The molecule has 154 valence electrons. The molecule has 1 aliphatic rings. The van der Waals surface area contributed by atoms with Crippen LogP contribution in [-0.2, 0) is 4.74 Å². The summed E-state index contributed by atoms with van der Waals surface area (Å²) in [5.74, 6) is 0.295. The predicted octanol–water partition coefficient (Wildman–Crippen LogP) is 3.37. The van der Waals surface area contributed by atoms with Crippen LogP contribution in [0.15, 0.2) is 71.7 Å². The summed E-state index contributed by atoms with van der Waals surface area (Å²) in [4.78, 5) is 28.4. The number of ether oxygens (including phenoxy) is 2. The third-order valence-corrected chi connectivity index (χ3v) is 5.38. The Hall–Kier alpha value is -3.38. The fourth-order valence-electron chi connectivity index (χ4n) is 3.77. The van der Waals surface area contributed by atoms with Gasteiger partial charge >= 0.3 is 0 Å². The average molecular weight is 404 g/mol. The maximum atomic E-state index is 13.4. The van der Waals surface area contributed by atoms with E-state index in [1.165, 1.54) is 4.57 Å². The van der Waals surface area contributed by atoms with Gasteiger partial charge in [-0.1, -0.05) is 42.5 Å². The lowest BCUT2D eigenvalue weighted by atomic mass is 10.1. The predicted molar refractivity (Wildman–Crippen MR) is 114 cm³/mol. The molecule has 0 spiro atoms. The van der Waals surface area contributed by atoms with Gasteiger partial charge in [-0.25, -0.2) is 0 Å². The molecular formula is C24H24N2O4. The number of benzene rings is 2. The van der Waals surface area contributed by atoms with Crippen LogP contribution in [0.5, 0.6) is 5.75 Å². The molecule has 0 N–H and O–H groups in total. The Kier molecular flexibility index (Phi) is 5.68. The summed E-state index contributed by atoms with van der Waals surface area (Å²) in [5, 5.41) is 0. The monoisotopic (exact) mass is 404 g/mol. The van der Waals surface area contributed by atoms with E-state index in [9.17, 15) is 9.59 Å². The molecule has 6 heteroatoms. The molecule has 1 unspecified atom stereocenters. The number of methoxy groups -OCH3 is 1. The Morgan fingerprint density at radius 3 is 2.57 bits per heavy atom. The van der Waals surface area contributed by atoms with Crippen LogP contribution in [0.3, 0.4) is 0 Å². The summed E-state index contributed by atoms with van der Waals surface area (Å²) < 4.78 is 12.7. The first kappa shape index (κ1) is 19.9. The van der Waals surface area contributed by atoms with Gasteiger partial charge in [0.15, 0.2) is 0 Å². The lowest BCUT2D eigenvalue weighted by Crippen LogP contribution is -2.44. The molecule has 6 nitrogen and oxygen atoms in total. The first-order chi connectivity index (χ1) is 14.6. The van der Waals surface area contributed by atoms with Gasteiger partial charge in [-0.2, -0.15) is 0 Å². The number of rotatable bonds is 4. The molecule has 30 heavy (non-hydrogen) atoms. The molecular weight excluding hydrogens is 380 g/mol. The lowest BCUT2D eigenvalue weighted by molar-refractivity contribution is -0.0229. The zero-order valence-electron chi connectivity index (χ0n) is 17.1. The number of aromatic nitrogens is 1. The van der Waals surface area contributed by atoms with Crippen molar-refractivity contribution in [3.63, 3.8) is 0 Å². The summed E-state index contributed by atoms with van der Waals surface area (Å²) in [6.45, 7) is 3.07. The topological polar surface area (TPSA) is 60.8 Å². The van der Waals surface area contributed by atoms with Crippen molar-refractivity contribution in [2.45, 2.75) is 13.0 Å². The quantitative estimate of drug-likeness (QED) is 0.669. The van der Waals surface area contributed by atoms with Crippen molar-refractivity contribution < 1.29 is 14.3 Å². The van der Waals surface area contributed by atoms with Crippen LogP contribution in [0.25, 0.3) is 5.69 Å². The second kappa shape index (κ2) is 8.55. The van der Waals surface area contributed by atoms with Crippen LogP contribution in [0, 0.1) is 6.92 Å². The molecule has 1 amide bonds. The first-order valence-corrected chi connectivity index (χ1v) is 9.91. The molecule has 1 aliphatic heterocycles. The number of hydrogen-bond acceptors (Lipinski definition) is 4. The lowest BCUT2D eigenvalue weighted by Gasteiger charge is -2.33. The molecule has 1 aromatic heterocycles. The maximum Gasteiger partial charge on any atom is 0.268 e. The van der Waals surface area contributed by atoms with Crippen LogP contribution < -0.4 is 10.3 Å². The van der Waals surface area contributed by atoms with Crippen LogP contribution in [0.2, 0.25) is 0 Å². The van der Waals surface area contributed by atoms with E-state index in [-0.39, 0.29) is 23.1 Å². The molecule has 2 heterocycles. The van der Waals surface area contributed by atoms with Gasteiger partial charge in [-0.05, 0) is 36.2 Å². The van der Waals surface area contributed by atoms with Crippen LogP contribution >= 0.6 is 0 Å². The Balaban J connectivity index is 1.68. The van der Waals surface area contributed by atoms with E-state index in [1.54, 1.807) is 43.3 Å². The standard InChI is InChI=1S/C24H24N2O4/c1-17-12-13-26(19-10-6-7-11-20(19)29-2)24(28)22(17)23(27)25-14-15-30-21(16-25)18-8-4-3-5-9-18/h3-13,21H,14-16H2,1-2H3. The minimum absolute atomic E-state index is 0.178. The summed E-state index contributed by atoms with van der Waals surface area (Å²) in [6.07, 6.45) is 1.47. The van der Waals surface area contributed by atoms with E-state index < -0.39 is 0 Å². The van der Waals surface area contributed by atoms with Crippen LogP contribution in [0.4, 0.5) is 0 Å². The minimum atomic E-state index is -0.354. The van der Waals surface area contributed by atoms with Crippen molar-refractivity contribution in [2.75, 3.05) is 26.8 Å². The molecule has 3 aromatic rings. The summed E-state index contributed by atoms with van der Waals surface area (Å²) in [6, 6.07) is 18.9. The highest BCUT2D eigenvalue weighted by atomic mass is 16.5. The molecule has 1 saturated heterocycles. The highest BCUT2D eigenvalue weighted by molar-refractivity contribution is 5.95. The fraction of sp³-hybridized carbons (Fsp3) is 0.250. The summed E-state index contributed by atoms with van der Waals surface area (Å²) in [5.41, 5.74) is 2.10. The first-order valence-electron chi connectivity index (χ1n) is 9.91. The fourth-order valence-corrected chi connectivity index (χ4v) is 3.77. The Bertz CT molecular complexity index is 1110. The van der Waals surface area contributed by atoms with Crippen molar-refractivity contribution >= 4 is 5.91 Å². The van der Waals surface area contributed by atoms with Gasteiger partial charge in [0.1, 0.15) is 17.4 Å². The van der Waals surface area contributed by atoms with Gasteiger partial charge in [0.2, 0.25) is 0 Å². The van der Waals surface area contributed by atoms with Gasteiger partial charge in [0.05, 0.1) is 25.9 Å². The zero-order valence-corrected chi connectivity index (χ0v) is 17.1. The molecule has 1 atom stereocenters. The number of para-hydroxylation sites is 2. The molecule has 1 fully saturated rings. The number of carbonyl (C=O) groups excluding carboxylic acids is 1. The van der Waals surface area contributed by atoms with Gasteiger partial charge < -0.3 is 14.4 Å². The molecule has 0 saturated carbocycles. The van der Waals surface area contributed by atoms with Crippen molar-refractivity contribution in [1.29, 1.82) is 0 Å². The number of aryl methyl sites for hydroxylation is 1. The number of amides is 1. The second-order valence-corrected chi connectivity index (χ2v) is 7.24. The highest BCUT2D eigenvalue weighted by Crippen LogP contribution is 2.24. The van der Waals surface area contributed by atoms with Crippen molar-refractivity contribution in [3.8, 4) is 11.4 Å². The van der Waals surface area contributed by atoms with Crippen molar-refractivity contribution in [3.05, 3.63) is 93.9 Å². The van der Waals surface area contributed by atoms with Gasteiger partial charge in [0.25, 0.3) is 11.5 Å². The van der Waals surface area contributed by atoms with Gasteiger partial charge in [-0.3, -0.25) is 14.2 Å². The van der Waals surface area contributed by atoms with Gasteiger partial charge in [-0.15, -0.1) is 0 Å². The molecule has 0 aliphatic carbocycles. The zero-order chi connectivity index (χ0) is 21.1. The number of carbonyl (C=O) groups is 1. The molecule has 0 radical (unpaired) electrons. The number of pyridine rings is 1. The van der Waals surface area contributed by atoms with E-state index in [0.717, 1.165) is 5.56 Å². The SMILES string of the molecule is COc1ccccc1-n1ccc(C)c(C(=O)N2CCOC(c3ccccc3)C2)c1=O. The number of morpholine rings is 1. The van der Waals surface area contributed by atoms with E-state index in [0.29, 0.717) is 36.7 Å². The Labute approximate surface area is 175 Å².